The molecule has 0 aliphatic carbocycles. The highest BCUT2D eigenvalue weighted by atomic mass is 19.4. The van der Waals surface area contributed by atoms with E-state index in [0.717, 1.165) is 16.3 Å². The van der Waals surface area contributed by atoms with E-state index in [1.165, 1.54) is 0 Å². The Kier molecular flexibility index (Phi) is 4.65. The van der Waals surface area contributed by atoms with E-state index in [1.54, 1.807) is 6.92 Å². The Morgan fingerprint density at radius 2 is 1.75 bits per heavy atom. The average molecular weight is 282 g/mol. The van der Waals surface area contributed by atoms with Crippen molar-refractivity contribution in [3.05, 3.63) is 48.0 Å². The van der Waals surface area contributed by atoms with Crippen LogP contribution in [-0.4, -0.2) is 18.9 Å². The quantitative estimate of drug-likeness (QED) is 0.769. The Balaban J connectivity index is 1.98. The van der Waals surface area contributed by atoms with Crippen LogP contribution in [0.1, 0.15) is 18.9 Å². The van der Waals surface area contributed by atoms with Crippen LogP contribution in [-0.2, 0) is 11.2 Å². The van der Waals surface area contributed by atoms with Crippen LogP contribution in [0.15, 0.2) is 42.5 Å². The molecule has 1 atom stereocenters. The number of ether oxygens (including phenoxy) is 1. The van der Waals surface area contributed by atoms with E-state index in [1.807, 2.05) is 42.5 Å². The van der Waals surface area contributed by atoms with Gasteiger partial charge < -0.3 is 4.74 Å². The largest absolute Gasteiger partial charge is 0.391 e. The second-order valence-electron chi connectivity index (χ2n) is 4.89. The summed E-state index contributed by atoms with van der Waals surface area (Å²) >= 11 is 0. The highest BCUT2D eigenvalue weighted by Gasteiger charge is 2.26. The van der Waals surface area contributed by atoms with Crippen LogP contribution >= 0.6 is 0 Å². The first-order valence-corrected chi connectivity index (χ1v) is 6.61. The Labute approximate surface area is 116 Å². The third-order valence-corrected chi connectivity index (χ3v) is 3.18. The zero-order chi connectivity index (χ0) is 14.6. The number of halogens is 3. The van der Waals surface area contributed by atoms with Crippen LogP contribution in [0.3, 0.4) is 0 Å². The van der Waals surface area contributed by atoms with E-state index in [2.05, 4.69) is 0 Å². The van der Waals surface area contributed by atoms with Crippen molar-refractivity contribution in [3.8, 4) is 0 Å². The topological polar surface area (TPSA) is 9.23 Å². The molecule has 1 nitrogen and oxygen atoms in total. The summed E-state index contributed by atoms with van der Waals surface area (Å²) in [6.45, 7) is 1.52. The summed E-state index contributed by atoms with van der Waals surface area (Å²) in [6.07, 6.45) is -4.67. The van der Waals surface area contributed by atoms with Crippen LogP contribution in [0.2, 0.25) is 0 Å². The summed E-state index contributed by atoms with van der Waals surface area (Å²) in [5, 5.41) is 2.26. The highest BCUT2D eigenvalue weighted by molar-refractivity contribution is 5.85. The standard InChI is InChI=1S/C16H17F3O/c1-12(20-10-9-16(17,18)19)11-14-7-4-6-13-5-2-3-8-15(13)14/h2-8,12H,9-11H2,1H3. The van der Waals surface area contributed by atoms with Gasteiger partial charge in [-0.15, -0.1) is 0 Å². The SMILES string of the molecule is CC(Cc1cccc2ccccc12)OCCC(F)(F)F. The average Bonchev–Trinajstić information content (AvgIpc) is 2.37. The fourth-order valence-corrected chi connectivity index (χ4v) is 2.21. The molecule has 20 heavy (non-hydrogen) atoms. The molecule has 0 saturated carbocycles. The fraction of sp³-hybridized carbons (Fsp3) is 0.375. The molecule has 0 aliphatic heterocycles. The lowest BCUT2D eigenvalue weighted by Gasteiger charge is -2.15. The molecule has 0 saturated heterocycles. The molecule has 0 fully saturated rings. The van der Waals surface area contributed by atoms with Gasteiger partial charge in [0.25, 0.3) is 0 Å². The minimum Gasteiger partial charge on any atom is -0.378 e. The van der Waals surface area contributed by atoms with Crippen molar-refractivity contribution in [2.24, 2.45) is 0 Å². The van der Waals surface area contributed by atoms with Crippen LogP contribution in [0, 0.1) is 0 Å². The number of hydrogen-bond donors (Lipinski definition) is 0. The van der Waals surface area contributed by atoms with Gasteiger partial charge in [0.2, 0.25) is 0 Å². The van der Waals surface area contributed by atoms with E-state index < -0.39 is 12.6 Å². The summed E-state index contributed by atoms with van der Waals surface area (Å²) in [6, 6.07) is 13.9. The first kappa shape index (κ1) is 14.9. The summed E-state index contributed by atoms with van der Waals surface area (Å²) in [4.78, 5) is 0. The van der Waals surface area contributed by atoms with Gasteiger partial charge in [-0.1, -0.05) is 42.5 Å². The molecule has 0 radical (unpaired) electrons. The third-order valence-electron chi connectivity index (χ3n) is 3.18. The third kappa shape index (κ3) is 4.23. The maximum atomic E-state index is 12.1. The lowest BCUT2D eigenvalue weighted by atomic mass is 10.0. The molecule has 4 heteroatoms. The molecular weight excluding hydrogens is 265 g/mol. The summed E-state index contributed by atoms with van der Waals surface area (Å²) in [5.41, 5.74) is 1.10. The first-order chi connectivity index (χ1) is 9.46. The van der Waals surface area contributed by atoms with Gasteiger partial charge in [0, 0.05) is 0 Å². The van der Waals surface area contributed by atoms with E-state index in [-0.39, 0.29) is 12.7 Å². The Hall–Kier alpha value is -1.55. The number of fused-ring (bicyclic) bond motifs is 1. The lowest BCUT2D eigenvalue weighted by Crippen LogP contribution is -2.17. The van der Waals surface area contributed by atoms with Gasteiger partial charge in [0.05, 0.1) is 19.1 Å². The van der Waals surface area contributed by atoms with Crippen molar-refractivity contribution in [1.82, 2.24) is 0 Å². The molecule has 0 spiro atoms. The summed E-state index contributed by atoms with van der Waals surface area (Å²) in [7, 11) is 0. The second-order valence-corrected chi connectivity index (χ2v) is 4.89. The van der Waals surface area contributed by atoms with Gasteiger partial charge in [0.1, 0.15) is 0 Å². The molecule has 0 aromatic heterocycles. The molecule has 0 amide bonds. The maximum Gasteiger partial charge on any atom is 0.391 e. The second kappa shape index (κ2) is 6.27. The predicted molar refractivity (Wildman–Crippen MR) is 73.7 cm³/mol. The number of alkyl halides is 3. The van der Waals surface area contributed by atoms with Crippen molar-refractivity contribution >= 4 is 10.8 Å². The van der Waals surface area contributed by atoms with Gasteiger partial charge in [0.15, 0.2) is 0 Å². The smallest absolute Gasteiger partial charge is 0.378 e. The van der Waals surface area contributed by atoms with Gasteiger partial charge >= 0.3 is 6.18 Å². The molecule has 0 bridgehead atoms. The Morgan fingerprint density at radius 3 is 2.50 bits per heavy atom. The van der Waals surface area contributed by atoms with Crippen molar-refractivity contribution in [3.63, 3.8) is 0 Å². The van der Waals surface area contributed by atoms with Crippen LogP contribution in [0.25, 0.3) is 10.8 Å². The maximum absolute atomic E-state index is 12.1. The minimum absolute atomic E-state index is 0.233. The number of rotatable bonds is 5. The Bertz CT molecular complexity index is 558. The van der Waals surface area contributed by atoms with Crippen molar-refractivity contribution in [2.45, 2.75) is 32.0 Å². The molecule has 0 aliphatic rings. The van der Waals surface area contributed by atoms with E-state index in [9.17, 15) is 13.2 Å². The van der Waals surface area contributed by atoms with E-state index in [0.29, 0.717) is 6.42 Å². The summed E-state index contributed by atoms with van der Waals surface area (Å²) in [5.74, 6) is 0. The summed E-state index contributed by atoms with van der Waals surface area (Å²) < 4.78 is 41.4. The van der Waals surface area contributed by atoms with Gasteiger partial charge in [-0.3, -0.25) is 0 Å². The van der Waals surface area contributed by atoms with Crippen LogP contribution in [0.5, 0.6) is 0 Å². The normalized spacial score (nSPS) is 13.6. The van der Waals surface area contributed by atoms with E-state index in [4.69, 9.17) is 4.74 Å². The zero-order valence-corrected chi connectivity index (χ0v) is 11.3. The minimum atomic E-state index is -4.15. The molecule has 2 aromatic carbocycles. The van der Waals surface area contributed by atoms with Crippen molar-refractivity contribution in [2.75, 3.05) is 6.61 Å². The van der Waals surface area contributed by atoms with Gasteiger partial charge in [-0.05, 0) is 29.7 Å². The molecule has 1 unspecified atom stereocenters. The highest BCUT2D eigenvalue weighted by Crippen LogP contribution is 2.22. The predicted octanol–water partition coefficient (Wildman–Crippen LogP) is 4.74. The van der Waals surface area contributed by atoms with Crippen LogP contribution in [0.4, 0.5) is 13.2 Å². The molecule has 2 rings (SSSR count). The molecule has 0 N–H and O–H groups in total. The van der Waals surface area contributed by atoms with Crippen molar-refractivity contribution < 1.29 is 17.9 Å². The zero-order valence-electron chi connectivity index (χ0n) is 11.3. The molecule has 108 valence electrons. The van der Waals surface area contributed by atoms with E-state index >= 15 is 0 Å². The number of hydrogen-bond acceptors (Lipinski definition) is 1. The fourth-order valence-electron chi connectivity index (χ4n) is 2.21. The molecule has 0 heterocycles. The Morgan fingerprint density at radius 1 is 1.05 bits per heavy atom. The van der Waals surface area contributed by atoms with Gasteiger partial charge in [-0.2, -0.15) is 13.2 Å². The van der Waals surface area contributed by atoms with Gasteiger partial charge in [-0.25, -0.2) is 0 Å². The number of benzene rings is 2. The first-order valence-electron chi connectivity index (χ1n) is 6.61. The molecular formula is C16H17F3O. The van der Waals surface area contributed by atoms with Crippen molar-refractivity contribution in [1.29, 1.82) is 0 Å². The lowest BCUT2D eigenvalue weighted by molar-refractivity contribution is -0.148. The van der Waals surface area contributed by atoms with Crippen LogP contribution < -0.4 is 0 Å². The monoisotopic (exact) mass is 282 g/mol. The molecule has 2 aromatic rings.